The van der Waals surface area contributed by atoms with Gasteiger partial charge in [0.1, 0.15) is 6.54 Å². The lowest BCUT2D eigenvalue weighted by Crippen LogP contribution is -2.31. The predicted octanol–water partition coefficient (Wildman–Crippen LogP) is 3.13. The molecule has 134 valence electrons. The number of ether oxygens (including phenoxy) is 1. The fourth-order valence-electron chi connectivity index (χ4n) is 1.96. The van der Waals surface area contributed by atoms with Crippen LogP contribution in [0, 0.1) is 0 Å². The van der Waals surface area contributed by atoms with Gasteiger partial charge in [0.25, 0.3) is 0 Å². The number of benzene rings is 1. The SMILES string of the molecule is CCOC(=O)c1cc(NC(=O)N(C)Cc2nnc(CC)o2)ccc1Cl. The fourth-order valence-corrected chi connectivity index (χ4v) is 2.15. The van der Waals surface area contributed by atoms with E-state index in [9.17, 15) is 9.59 Å². The third kappa shape index (κ3) is 4.93. The first-order valence-electron chi connectivity index (χ1n) is 7.74. The smallest absolute Gasteiger partial charge is 0.339 e. The molecule has 1 aromatic carbocycles. The molecule has 0 unspecified atom stereocenters. The van der Waals surface area contributed by atoms with Crippen LogP contribution in [0.4, 0.5) is 10.5 Å². The summed E-state index contributed by atoms with van der Waals surface area (Å²) in [5.41, 5.74) is 0.609. The second kappa shape index (κ2) is 8.48. The maximum Gasteiger partial charge on any atom is 0.339 e. The molecule has 2 rings (SSSR count). The Morgan fingerprint density at radius 1 is 1.28 bits per heavy atom. The lowest BCUT2D eigenvalue weighted by atomic mass is 10.2. The molecule has 2 aromatic rings. The molecule has 1 N–H and O–H groups in total. The topological polar surface area (TPSA) is 97.6 Å². The number of aryl methyl sites for hydroxylation is 1. The number of esters is 1. The van der Waals surface area contributed by atoms with E-state index in [1.165, 1.54) is 17.0 Å². The first-order valence-corrected chi connectivity index (χ1v) is 8.12. The number of carbonyl (C=O) groups excluding carboxylic acids is 2. The molecule has 0 atom stereocenters. The Hall–Kier alpha value is -2.61. The molecule has 9 heteroatoms. The molecule has 0 aliphatic heterocycles. The molecule has 0 bridgehead atoms. The van der Waals surface area contributed by atoms with Gasteiger partial charge >= 0.3 is 12.0 Å². The molecule has 0 fully saturated rings. The third-order valence-electron chi connectivity index (χ3n) is 3.24. The van der Waals surface area contributed by atoms with E-state index in [4.69, 9.17) is 20.8 Å². The number of carbonyl (C=O) groups is 2. The number of hydrogen-bond acceptors (Lipinski definition) is 6. The monoisotopic (exact) mass is 366 g/mol. The Bertz CT molecular complexity index is 762. The van der Waals surface area contributed by atoms with E-state index in [2.05, 4.69) is 15.5 Å². The average Bonchev–Trinajstić information content (AvgIpc) is 3.04. The fraction of sp³-hybridized carbons (Fsp3) is 0.375. The number of rotatable bonds is 6. The highest BCUT2D eigenvalue weighted by molar-refractivity contribution is 6.33. The number of nitrogens with zero attached hydrogens (tertiary/aromatic N) is 3. The van der Waals surface area contributed by atoms with Crippen LogP contribution in [0.25, 0.3) is 0 Å². The van der Waals surface area contributed by atoms with Gasteiger partial charge in [0.2, 0.25) is 11.8 Å². The highest BCUT2D eigenvalue weighted by Crippen LogP contribution is 2.22. The number of amides is 2. The molecule has 0 aliphatic carbocycles. The molecule has 0 spiro atoms. The number of urea groups is 1. The van der Waals surface area contributed by atoms with Gasteiger partial charge in [0.05, 0.1) is 17.2 Å². The van der Waals surface area contributed by atoms with E-state index in [0.29, 0.717) is 23.9 Å². The van der Waals surface area contributed by atoms with E-state index in [1.54, 1.807) is 20.0 Å². The zero-order valence-electron chi connectivity index (χ0n) is 14.2. The summed E-state index contributed by atoms with van der Waals surface area (Å²) >= 11 is 6.00. The van der Waals surface area contributed by atoms with Crippen LogP contribution < -0.4 is 5.32 Å². The second-order valence-corrected chi connectivity index (χ2v) is 5.55. The van der Waals surface area contributed by atoms with Gasteiger partial charge in [0.15, 0.2) is 0 Å². The standard InChI is InChI=1S/C16H19ClN4O4/c1-4-13-19-20-14(25-13)9-21(3)16(23)18-10-6-7-12(17)11(8-10)15(22)24-5-2/h6-8H,4-5,9H2,1-3H3,(H,18,23). The number of anilines is 1. The molecule has 0 saturated heterocycles. The number of hydrogen-bond donors (Lipinski definition) is 1. The van der Waals surface area contributed by atoms with Crippen molar-refractivity contribution in [1.29, 1.82) is 0 Å². The van der Waals surface area contributed by atoms with Gasteiger partial charge in [-0.15, -0.1) is 10.2 Å². The lowest BCUT2D eigenvalue weighted by molar-refractivity contribution is 0.0526. The minimum Gasteiger partial charge on any atom is -0.462 e. The van der Waals surface area contributed by atoms with Gasteiger partial charge in [0, 0.05) is 19.2 Å². The maximum absolute atomic E-state index is 12.3. The Labute approximate surface area is 150 Å². The first-order chi connectivity index (χ1) is 11.9. The second-order valence-electron chi connectivity index (χ2n) is 5.14. The zero-order chi connectivity index (χ0) is 18.4. The highest BCUT2D eigenvalue weighted by atomic mass is 35.5. The van der Waals surface area contributed by atoms with Gasteiger partial charge in [-0.2, -0.15) is 0 Å². The summed E-state index contributed by atoms with van der Waals surface area (Å²) in [4.78, 5) is 25.5. The molecule has 2 amide bonds. The molecule has 1 aromatic heterocycles. The Kier molecular flexibility index (Phi) is 6.35. The van der Waals surface area contributed by atoms with Crippen molar-refractivity contribution in [2.75, 3.05) is 19.0 Å². The quantitative estimate of drug-likeness (QED) is 0.789. The van der Waals surface area contributed by atoms with Crippen molar-refractivity contribution in [3.8, 4) is 0 Å². The summed E-state index contributed by atoms with van der Waals surface area (Å²) < 4.78 is 10.3. The molecular weight excluding hydrogens is 348 g/mol. The summed E-state index contributed by atoms with van der Waals surface area (Å²) in [6.45, 7) is 4.00. The van der Waals surface area contributed by atoms with Crippen molar-refractivity contribution in [2.24, 2.45) is 0 Å². The van der Waals surface area contributed by atoms with Gasteiger partial charge in [-0.05, 0) is 25.1 Å². The number of halogens is 1. The molecule has 8 nitrogen and oxygen atoms in total. The minimum absolute atomic E-state index is 0.164. The van der Waals surface area contributed by atoms with Crippen molar-refractivity contribution < 1.29 is 18.7 Å². The molecule has 0 saturated carbocycles. The van der Waals surface area contributed by atoms with Crippen LogP contribution in [0.3, 0.4) is 0 Å². The van der Waals surface area contributed by atoms with Crippen molar-refractivity contribution in [3.05, 3.63) is 40.6 Å². The van der Waals surface area contributed by atoms with Gasteiger partial charge in [-0.3, -0.25) is 0 Å². The zero-order valence-corrected chi connectivity index (χ0v) is 15.0. The number of aromatic nitrogens is 2. The Morgan fingerprint density at radius 3 is 2.64 bits per heavy atom. The van der Waals surface area contributed by atoms with Crippen LogP contribution >= 0.6 is 11.6 Å². The van der Waals surface area contributed by atoms with Crippen molar-refractivity contribution in [3.63, 3.8) is 0 Å². The van der Waals surface area contributed by atoms with Crippen LogP contribution in [-0.4, -0.2) is 40.8 Å². The van der Waals surface area contributed by atoms with Crippen molar-refractivity contribution in [1.82, 2.24) is 15.1 Å². The third-order valence-corrected chi connectivity index (χ3v) is 3.57. The summed E-state index contributed by atoms with van der Waals surface area (Å²) in [6.07, 6.45) is 0.629. The van der Waals surface area contributed by atoms with E-state index >= 15 is 0 Å². The largest absolute Gasteiger partial charge is 0.462 e. The van der Waals surface area contributed by atoms with Crippen molar-refractivity contribution in [2.45, 2.75) is 26.8 Å². The maximum atomic E-state index is 12.3. The molecular formula is C16H19ClN4O4. The van der Waals surface area contributed by atoms with Gasteiger partial charge < -0.3 is 19.4 Å². The minimum atomic E-state index is -0.546. The first kappa shape index (κ1) is 18.7. The van der Waals surface area contributed by atoms with Crippen LogP contribution in [0.2, 0.25) is 5.02 Å². The van der Waals surface area contributed by atoms with Gasteiger partial charge in [-0.1, -0.05) is 18.5 Å². The summed E-state index contributed by atoms with van der Waals surface area (Å²) in [6, 6.07) is 4.19. The predicted molar refractivity (Wildman–Crippen MR) is 91.6 cm³/mol. The van der Waals surface area contributed by atoms with E-state index in [0.717, 1.165) is 0 Å². The molecule has 25 heavy (non-hydrogen) atoms. The summed E-state index contributed by atoms with van der Waals surface area (Å²) in [7, 11) is 1.59. The highest BCUT2D eigenvalue weighted by Gasteiger charge is 2.16. The van der Waals surface area contributed by atoms with E-state index in [-0.39, 0.29) is 23.7 Å². The Morgan fingerprint density at radius 2 is 2.00 bits per heavy atom. The van der Waals surface area contributed by atoms with E-state index in [1.807, 2.05) is 6.92 Å². The van der Waals surface area contributed by atoms with Crippen LogP contribution in [-0.2, 0) is 17.7 Å². The van der Waals surface area contributed by atoms with Crippen LogP contribution in [0.15, 0.2) is 22.6 Å². The molecule has 0 radical (unpaired) electrons. The average molecular weight is 367 g/mol. The molecule has 1 heterocycles. The van der Waals surface area contributed by atoms with Crippen LogP contribution in [0.5, 0.6) is 0 Å². The van der Waals surface area contributed by atoms with Crippen LogP contribution in [0.1, 0.15) is 36.0 Å². The Balaban J connectivity index is 2.04. The van der Waals surface area contributed by atoms with E-state index < -0.39 is 12.0 Å². The summed E-state index contributed by atoms with van der Waals surface area (Å²) in [5, 5.41) is 10.6. The normalized spacial score (nSPS) is 10.4. The van der Waals surface area contributed by atoms with Gasteiger partial charge in [-0.25, -0.2) is 9.59 Å². The molecule has 0 aliphatic rings. The summed E-state index contributed by atoms with van der Waals surface area (Å²) in [5.74, 6) is 0.313. The van der Waals surface area contributed by atoms with Crippen molar-refractivity contribution >= 4 is 29.3 Å². The number of nitrogens with one attached hydrogen (secondary N) is 1. The lowest BCUT2D eigenvalue weighted by Gasteiger charge is -2.16.